The predicted molar refractivity (Wildman–Crippen MR) is 47.4 cm³/mol. The lowest BCUT2D eigenvalue weighted by Gasteiger charge is -2.13. The number of sulfonamides is 1. The highest BCUT2D eigenvalue weighted by atomic mass is 35.5. The summed E-state index contributed by atoms with van der Waals surface area (Å²) in [5, 5.41) is 0.0270. The highest BCUT2D eigenvalue weighted by Crippen LogP contribution is 2.02. The summed E-state index contributed by atoms with van der Waals surface area (Å²) in [5.41, 5.74) is 0. The van der Waals surface area contributed by atoms with Gasteiger partial charge in [-0.3, -0.25) is 0 Å². The third-order valence-corrected chi connectivity index (χ3v) is 2.94. The zero-order valence-corrected chi connectivity index (χ0v) is 8.61. The maximum atomic E-state index is 10.8. The van der Waals surface area contributed by atoms with Crippen LogP contribution in [0.25, 0.3) is 0 Å². The first-order chi connectivity index (χ1) is 4.84. The highest BCUT2D eigenvalue weighted by Gasteiger charge is 2.10. The molecule has 0 spiro atoms. The van der Waals surface area contributed by atoms with Gasteiger partial charge >= 0.3 is 0 Å². The van der Waals surface area contributed by atoms with Crippen molar-refractivity contribution in [2.75, 3.05) is 19.8 Å². The van der Waals surface area contributed by atoms with E-state index < -0.39 is 10.0 Å². The Kier molecular flexibility index (Phi) is 4.36. The molecule has 0 aromatic carbocycles. The predicted octanol–water partition coefficient (Wildman–Crippen LogP) is 0.895. The van der Waals surface area contributed by atoms with Crippen molar-refractivity contribution < 1.29 is 8.42 Å². The summed E-state index contributed by atoms with van der Waals surface area (Å²) in [6, 6.07) is 0. The van der Waals surface area contributed by atoms with Crippen LogP contribution in [-0.4, -0.2) is 37.9 Å². The minimum Gasteiger partial charge on any atom is -0.213 e. The zero-order chi connectivity index (χ0) is 9.07. The molecule has 0 N–H and O–H groups in total. The van der Waals surface area contributed by atoms with E-state index in [0.29, 0.717) is 13.0 Å². The summed E-state index contributed by atoms with van der Waals surface area (Å²) >= 11 is 5.65. The Balaban J connectivity index is 3.81. The van der Waals surface area contributed by atoms with Crippen LogP contribution in [0.15, 0.2) is 0 Å². The van der Waals surface area contributed by atoms with Crippen LogP contribution in [0.4, 0.5) is 0 Å². The molecule has 0 bridgehead atoms. The molecule has 0 saturated carbocycles. The van der Waals surface area contributed by atoms with Gasteiger partial charge in [0.2, 0.25) is 10.0 Å². The Morgan fingerprint density at radius 3 is 2.27 bits per heavy atom. The summed E-state index contributed by atoms with van der Waals surface area (Å²) in [7, 11) is -1.47. The van der Waals surface area contributed by atoms with E-state index in [1.807, 2.05) is 6.92 Å². The molecular weight excluding hydrogens is 186 g/mol. The molecule has 68 valence electrons. The van der Waals surface area contributed by atoms with Gasteiger partial charge in [0.15, 0.2) is 0 Å². The van der Waals surface area contributed by atoms with E-state index >= 15 is 0 Å². The maximum absolute atomic E-state index is 10.8. The number of nitrogens with zero attached hydrogens (tertiary/aromatic N) is 1. The van der Waals surface area contributed by atoms with E-state index in [0.717, 1.165) is 0 Å². The van der Waals surface area contributed by atoms with Crippen LogP contribution in [0.1, 0.15) is 13.3 Å². The molecule has 0 aliphatic rings. The first-order valence-electron chi connectivity index (χ1n) is 3.39. The molecule has 0 radical (unpaired) electrons. The van der Waals surface area contributed by atoms with Crippen LogP contribution in [0.5, 0.6) is 0 Å². The van der Waals surface area contributed by atoms with Gasteiger partial charge in [-0.2, -0.15) is 0 Å². The molecule has 0 saturated heterocycles. The van der Waals surface area contributed by atoms with Gasteiger partial charge < -0.3 is 0 Å². The van der Waals surface area contributed by atoms with Crippen molar-refractivity contribution >= 4 is 21.6 Å². The molecule has 0 heterocycles. The van der Waals surface area contributed by atoms with Crippen molar-refractivity contribution in [3.63, 3.8) is 0 Å². The molecule has 0 rings (SSSR count). The van der Waals surface area contributed by atoms with Gasteiger partial charge in [0.1, 0.15) is 0 Å². The lowest BCUT2D eigenvalue weighted by molar-refractivity contribution is 0.465. The van der Waals surface area contributed by atoms with Gasteiger partial charge in [0.25, 0.3) is 0 Å². The van der Waals surface area contributed by atoms with E-state index in [-0.39, 0.29) is 5.38 Å². The monoisotopic (exact) mass is 199 g/mol. The maximum Gasteiger partial charge on any atom is 0.210 e. The molecule has 5 heteroatoms. The summed E-state index contributed by atoms with van der Waals surface area (Å²) in [5.74, 6) is 0. The Bertz CT molecular complexity index is 201. The zero-order valence-electron chi connectivity index (χ0n) is 7.04. The van der Waals surface area contributed by atoms with Gasteiger partial charge in [0.05, 0.1) is 6.26 Å². The standard InChI is InChI=1S/C6H14ClNO2S/c1-6(7)4-5-8(2)11(3,9)10/h6H,4-5H2,1-3H3. The molecular formula is C6H14ClNO2S. The smallest absolute Gasteiger partial charge is 0.210 e. The van der Waals surface area contributed by atoms with Gasteiger partial charge in [-0.25, -0.2) is 12.7 Å². The third-order valence-electron chi connectivity index (χ3n) is 1.41. The minimum atomic E-state index is -3.02. The number of halogens is 1. The van der Waals surface area contributed by atoms with E-state index in [1.165, 1.54) is 10.6 Å². The average Bonchev–Trinajstić information content (AvgIpc) is 1.80. The molecule has 1 unspecified atom stereocenters. The second-order valence-electron chi connectivity index (χ2n) is 2.65. The summed E-state index contributed by atoms with van der Waals surface area (Å²) in [6.07, 6.45) is 1.87. The lowest BCUT2D eigenvalue weighted by atomic mass is 10.3. The van der Waals surface area contributed by atoms with Crippen molar-refractivity contribution in [1.82, 2.24) is 4.31 Å². The van der Waals surface area contributed by atoms with Crippen LogP contribution >= 0.6 is 11.6 Å². The van der Waals surface area contributed by atoms with Gasteiger partial charge in [-0.05, 0) is 13.3 Å². The number of hydrogen-bond acceptors (Lipinski definition) is 2. The fourth-order valence-electron chi connectivity index (χ4n) is 0.526. The Labute approximate surface area is 73.4 Å². The van der Waals surface area contributed by atoms with Crippen molar-refractivity contribution in [3.8, 4) is 0 Å². The van der Waals surface area contributed by atoms with E-state index in [4.69, 9.17) is 11.6 Å². The van der Waals surface area contributed by atoms with E-state index in [1.54, 1.807) is 7.05 Å². The number of hydrogen-bond donors (Lipinski definition) is 0. The molecule has 0 fully saturated rings. The quantitative estimate of drug-likeness (QED) is 0.631. The Morgan fingerprint density at radius 2 is 2.00 bits per heavy atom. The van der Waals surface area contributed by atoms with Crippen molar-refractivity contribution in [2.24, 2.45) is 0 Å². The largest absolute Gasteiger partial charge is 0.213 e. The van der Waals surface area contributed by atoms with E-state index in [2.05, 4.69) is 0 Å². The molecule has 0 amide bonds. The fourth-order valence-corrected chi connectivity index (χ4v) is 1.06. The number of rotatable bonds is 4. The summed E-state index contributed by atoms with van der Waals surface area (Å²) in [4.78, 5) is 0. The van der Waals surface area contributed by atoms with Crippen molar-refractivity contribution in [2.45, 2.75) is 18.7 Å². The number of alkyl halides is 1. The van der Waals surface area contributed by atoms with Gasteiger partial charge in [-0.1, -0.05) is 0 Å². The average molecular weight is 200 g/mol. The van der Waals surface area contributed by atoms with Crippen molar-refractivity contribution in [1.29, 1.82) is 0 Å². The first-order valence-corrected chi connectivity index (χ1v) is 5.68. The second-order valence-corrected chi connectivity index (χ2v) is 5.49. The molecule has 0 aliphatic carbocycles. The summed E-state index contributed by atoms with van der Waals surface area (Å²) in [6.45, 7) is 2.33. The van der Waals surface area contributed by atoms with Crippen molar-refractivity contribution in [3.05, 3.63) is 0 Å². The molecule has 0 aliphatic heterocycles. The van der Waals surface area contributed by atoms with Gasteiger partial charge in [0, 0.05) is 19.0 Å². The lowest BCUT2D eigenvalue weighted by Crippen LogP contribution is -2.27. The highest BCUT2D eigenvalue weighted by molar-refractivity contribution is 7.88. The van der Waals surface area contributed by atoms with Crippen LogP contribution in [0, 0.1) is 0 Å². The third kappa shape index (κ3) is 5.47. The molecule has 0 aromatic rings. The topological polar surface area (TPSA) is 37.4 Å². The normalized spacial score (nSPS) is 15.4. The Morgan fingerprint density at radius 1 is 1.55 bits per heavy atom. The van der Waals surface area contributed by atoms with Crippen LogP contribution < -0.4 is 0 Å². The molecule has 3 nitrogen and oxygen atoms in total. The molecule has 11 heavy (non-hydrogen) atoms. The first kappa shape index (κ1) is 11.2. The van der Waals surface area contributed by atoms with Crippen LogP contribution in [0.2, 0.25) is 0 Å². The van der Waals surface area contributed by atoms with Crippen LogP contribution in [-0.2, 0) is 10.0 Å². The minimum absolute atomic E-state index is 0.0270. The van der Waals surface area contributed by atoms with Crippen LogP contribution in [0.3, 0.4) is 0 Å². The SMILES string of the molecule is CC(Cl)CCN(C)S(C)(=O)=O. The fraction of sp³-hybridized carbons (Fsp3) is 1.00. The molecule has 1 atom stereocenters. The van der Waals surface area contributed by atoms with E-state index in [9.17, 15) is 8.42 Å². The second kappa shape index (κ2) is 4.28. The Hall–Kier alpha value is 0.200. The van der Waals surface area contributed by atoms with Gasteiger partial charge in [-0.15, -0.1) is 11.6 Å². The summed E-state index contributed by atoms with van der Waals surface area (Å²) < 4.78 is 23.0. The molecule has 0 aromatic heterocycles.